The number of amides is 1. The number of oxime groups is 1. The molecule has 1 fully saturated rings. The molecule has 11 heteroatoms. The SMILES string of the molecule is CC(C)(C)OC(=O)NC1CCC([As]C(=O)c2cc(OCc3cccc(Br)c3)cc(Oc3ccc(C(N)=NO)cc3)c2)CC1. The van der Waals surface area contributed by atoms with Crippen molar-refractivity contribution in [1.29, 1.82) is 0 Å². The first kappa shape index (κ1) is 32.4. The summed E-state index contributed by atoms with van der Waals surface area (Å²) in [5.74, 6) is 1.53. The minimum absolute atomic E-state index is 0.000353. The summed E-state index contributed by atoms with van der Waals surface area (Å²) in [6, 6.07) is 20.0. The Morgan fingerprint density at radius 1 is 0.977 bits per heavy atom. The average Bonchev–Trinajstić information content (AvgIpc) is 2.96. The van der Waals surface area contributed by atoms with Gasteiger partial charge in [0, 0.05) is 0 Å². The van der Waals surface area contributed by atoms with Crippen LogP contribution in [0.3, 0.4) is 0 Å². The number of carbonyl (C=O) groups excluding carboxylic acids is 2. The molecule has 43 heavy (non-hydrogen) atoms. The Morgan fingerprint density at radius 2 is 1.67 bits per heavy atom. The Kier molecular flexibility index (Phi) is 11.2. The van der Waals surface area contributed by atoms with Gasteiger partial charge in [0.1, 0.15) is 0 Å². The van der Waals surface area contributed by atoms with Crippen molar-refractivity contribution in [2.45, 2.75) is 69.4 Å². The number of hydrogen-bond donors (Lipinski definition) is 3. The Hall–Kier alpha value is -3.49. The van der Waals surface area contributed by atoms with Crippen molar-refractivity contribution >= 4 is 48.2 Å². The normalized spacial score (nSPS) is 17.4. The van der Waals surface area contributed by atoms with Crippen LogP contribution in [0, 0.1) is 0 Å². The van der Waals surface area contributed by atoms with Crippen molar-refractivity contribution in [2.75, 3.05) is 0 Å². The maximum atomic E-state index is 13.5. The van der Waals surface area contributed by atoms with Crippen molar-refractivity contribution in [1.82, 2.24) is 5.32 Å². The maximum absolute atomic E-state index is 13.5. The van der Waals surface area contributed by atoms with Crippen LogP contribution < -0.4 is 20.5 Å². The number of nitrogens with two attached hydrogens (primary N) is 1. The van der Waals surface area contributed by atoms with Gasteiger partial charge in [0.15, 0.2) is 0 Å². The van der Waals surface area contributed by atoms with Gasteiger partial charge in [-0.05, 0) is 0 Å². The summed E-state index contributed by atoms with van der Waals surface area (Å²) in [7, 11) is 0. The third-order valence-electron chi connectivity index (χ3n) is 6.63. The fraction of sp³-hybridized carbons (Fsp3) is 0.344. The second-order valence-electron chi connectivity index (χ2n) is 11.3. The van der Waals surface area contributed by atoms with Gasteiger partial charge in [-0.15, -0.1) is 0 Å². The minimum atomic E-state index is -0.633. The second kappa shape index (κ2) is 14.8. The predicted molar refractivity (Wildman–Crippen MR) is 169 cm³/mol. The number of nitrogens with zero attached hydrogens (tertiary/aromatic N) is 1. The Morgan fingerprint density at radius 3 is 2.33 bits per heavy atom. The molecule has 1 radical (unpaired) electrons. The summed E-state index contributed by atoms with van der Waals surface area (Å²) < 4.78 is 18.9. The van der Waals surface area contributed by atoms with Crippen LogP contribution in [0.5, 0.6) is 17.2 Å². The molecule has 0 atom stereocenters. The molecule has 0 aromatic heterocycles. The third kappa shape index (κ3) is 10.3. The molecule has 1 amide bonds. The van der Waals surface area contributed by atoms with E-state index >= 15 is 0 Å². The number of alkyl carbamates (subject to hydrolysis) is 1. The van der Waals surface area contributed by atoms with Crippen molar-refractivity contribution in [3.05, 3.63) is 87.9 Å². The van der Waals surface area contributed by atoms with E-state index in [4.69, 9.17) is 25.2 Å². The van der Waals surface area contributed by atoms with Gasteiger partial charge < -0.3 is 0 Å². The monoisotopic (exact) mass is 712 g/mol. The second-order valence-corrected chi connectivity index (χ2v) is 15.2. The quantitative estimate of drug-likeness (QED) is 0.0677. The number of halogens is 1. The van der Waals surface area contributed by atoms with Gasteiger partial charge in [-0.1, -0.05) is 0 Å². The van der Waals surface area contributed by atoms with Gasteiger partial charge in [0.2, 0.25) is 0 Å². The van der Waals surface area contributed by atoms with E-state index < -0.39 is 27.4 Å². The van der Waals surface area contributed by atoms with Crippen LogP contribution in [0.4, 0.5) is 4.79 Å². The van der Waals surface area contributed by atoms with Crippen molar-refractivity contribution in [2.24, 2.45) is 10.9 Å². The molecule has 227 valence electrons. The molecule has 4 N–H and O–H groups in total. The van der Waals surface area contributed by atoms with Gasteiger partial charge in [0.05, 0.1) is 0 Å². The van der Waals surface area contributed by atoms with Crippen molar-refractivity contribution < 1.29 is 29.0 Å². The van der Waals surface area contributed by atoms with E-state index in [1.807, 2.05) is 45.0 Å². The topological polar surface area (TPSA) is 132 Å². The summed E-state index contributed by atoms with van der Waals surface area (Å²) in [4.78, 5) is 25.7. The summed E-state index contributed by atoms with van der Waals surface area (Å²) in [5, 5.41) is 14.9. The summed E-state index contributed by atoms with van der Waals surface area (Å²) in [6.45, 7) is 5.86. The summed E-state index contributed by atoms with van der Waals surface area (Å²) in [6.07, 6.45) is 2.99. The van der Waals surface area contributed by atoms with E-state index in [0.29, 0.717) is 39.7 Å². The number of ether oxygens (including phenoxy) is 3. The first-order valence-electron chi connectivity index (χ1n) is 14.0. The number of rotatable bonds is 10. The zero-order chi connectivity index (χ0) is 31.0. The Bertz CT molecular complexity index is 1450. The summed E-state index contributed by atoms with van der Waals surface area (Å²) in [5.41, 5.74) is 7.21. The van der Waals surface area contributed by atoms with E-state index in [0.717, 1.165) is 35.7 Å². The average molecular weight is 713 g/mol. The molecule has 9 nitrogen and oxygen atoms in total. The van der Waals surface area contributed by atoms with Crippen LogP contribution in [0.2, 0.25) is 4.71 Å². The Labute approximate surface area is 267 Å². The molecule has 1 aliphatic rings. The van der Waals surface area contributed by atoms with E-state index in [2.05, 4.69) is 26.4 Å². The molecule has 0 bridgehead atoms. The van der Waals surface area contributed by atoms with Crippen LogP contribution >= 0.6 is 15.9 Å². The molecule has 0 aliphatic heterocycles. The zero-order valence-electron chi connectivity index (χ0n) is 24.4. The number of hydrogen-bond acceptors (Lipinski definition) is 7. The summed E-state index contributed by atoms with van der Waals surface area (Å²) >= 11 is 2.85. The van der Waals surface area contributed by atoms with Gasteiger partial charge in [-0.25, -0.2) is 0 Å². The Balaban J connectivity index is 1.44. The van der Waals surface area contributed by atoms with Gasteiger partial charge in [-0.2, -0.15) is 0 Å². The molecular formula is C32H36AsBrN3O6. The van der Waals surface area contributed by atoms with E-state index in [1.54, 1.807) is 42.5 Å². The molecule has 0 spiro atoms. The van der Waals surface area contributed by atoms with Crippen LogP contribution in [0.15, 0.2) is 76.4 Å². The first-order chi connectivity index (χ1) is 20.5. The fourth-order valence-electron chi connectivity index (χ4n) is 4.58. The van der Waals surface area contributed by atoms with E-state index in [1.165, 1.54) is 0 Å². The molecule has 0 unspecified atom stereocenters. The molecule has 4 rings (SSSR count). The van der Waals surface area contributed by atoms with Crippen LogP contribution in [-0.4, -0.2) is 49.1 Å². The molecule has 0 heterocycles. The van der Waals surface area contributed by atoms with Crippen LogP contribution in [0.1, 0.15) is 67.9 Å². The standard InChI is InChI=1S/C32H36AsBrN3O6/c1-32(2,3)43-31(39)36-25-11-9-23(10-12-25)33-29(38)22-16-27(41-19-20-5-4-6-24(34)15-20)18-28(17-22)42-26-13-7-21(8-14-26)30(35)37-40/h4-8,13-18,23,25,40H,9-12,19H2,1-3H3,(H2,35,37)(H,36,39). The van der Waals surface area contributed by atoms with Crippen molar-refractivity contribution in [3.63, 3.8) is 0 Å². The molecule has 1 saturated carbocycles. The fourth-order valence-corrected chi connectivity index (χ4v) is 7.48. The third-order valence-corrected chi connectivity index (χ3v) is 10.0. The van der Waals surface area contributed by atoms with E-state index in [9.17, 15) is 9.59 Å². The molecule has 1 aliphatic carbocycles. The molecular weight excluding hydrogens is 677 g/mol. The molecule has 3 aromatic rings. The molecule has 0 saturated heterocycles. The number of carbonyl (C=O) groups is 2. The number of amidine groups is 1. The van der Waals surface area contributed by atoms with Gasteiger partial charge >= 0.3 is 268 Å². The van der Waals surface area contributed by atoms with Crippen molar-refractivity contribution in [3.8, 4) is 17.2 Å². The number of nitrogens with one attached hydrogen (secondary N) is 1. The van der Waals surface area contributed by atoms with E-state index in [-0.39, 0.29) is 16.4 Å². The molecule has 3 aromatic carbocycles. The van der Waals surface area contributed by atoms with Gasteiger partial charge in [0.25, 0.3) is 0 Å². The van der Waals surface area contributed by atoms with Crippen LogP contribution in [0.25, 0.3) is 0 Å². The van der Waals surface area contributed by atoms with Crippen LogP contribution in [-0.2, 0) is 11.3 Å². The first-order valence-corrected chi connectivity index (χ1v) is 16.8. The van der Waals surface area contributed by atoms with Gasteiger partial charge in [-0.3, -0.25) is 0 Å². The number of benzene rings is 3. The zero-order valence-corrected chi connectivity index (χ0v) is 27.8. The predicted octanol–water partition coefficient (Wildman–Crippen LogP) is 7.02.